The first kappa shape index (κ1) is 22.6. The molecule has 0 saturated carbocycles. The second-order valence-electron chi connectivity index (χ2n) is 8.42. The smallest absolute Gasteiger partial charge is 0.254 e. The van der Waals surface area contributed by atoms with E-state index in [4.69, 9.17) is 9.26 Å². The minimum absolute atomic E-state index is 0.00374. The number of amides is 2. The molecule has 0 aliphatic carbocycles. The molecule has 7 heteroatoms. The van der Waals surface area contributed by atoms with E-state index in [1.54, 1.807) is 11.0 Å². The molecular formula is C26H29N3O4. The average Bonchev–Trinajstić information content (AvgIpc) is 3.26. The zero-order valence-electron chi connectivity index (χ0n) is 19.0. The fourth-order valence-electron chi connectivity index (χ4n) is 4.10. The van der Waals surface area contributed by atoms with Gasteiger partial charge in [0.15, 0.2) is 0 Å². The van der Waals surface area contributed by atoms with Gasteiger partial charge in [-0.25, -0.2) is 0 Å². The van der Waals surface area contributed by atoms with Gasteiger partial charge in [-0.15, -0.1) is 0 Å². The van der Waals surface area contributed by atoms with Crippen LogP contribution in [-0.2, 0) is 22.4 Å². The predicted octanol–water partition coefficient (Wildman–Crippen LogP) is 3.63. The first-order chi connectivity index (χ1) is 16.0. The summed E-state index contributed by atoms with van der Waals surface area (Å²) >= 11 is 0. The highest BCUT2D eigenvalue weighted by molar-refractivity contribution is 5.89. The highest BCUT2D eigenvalue weighted by Crippen LogP contribution is 2.26. The van der Waals surface area contributed by atoms with Gasteiger partial charge in [0.1, 0.15) is 11.8 Å². The highest BCUT2D eigenvalue weighted by Gasteiger charge is 2.33. The Bertz CT molecular complexity index is 1090. The number of aryl methyl sites for hydroxylation is 1. The van der Waals surface area contributed by atoms with E-state index >= 15 is 0 Å². The lowest BCUT2D eigenvalue weighted by molar-refractivity contribution is -0.143. The van der Waals surface area contributed by atoms with Crippen LogP contribution in [0.15, 0.2) is 65.2 Å². The molecule has 0 spiro atoms. The highest BCUT2D eigenvalue weighted by atomic mass is 16.5. The molecule has 2 aromatic carbocycles. The van der Waals surface area contributed by atoms with E-state index in [2.05, 4.69) is 28.7 Å². The lowest BCUT2D eigenvalue weighted by Crippen LogP contribution is -2.58. The Hall–Kier alpha value is -3.61. The van der Waals surface area contributed by atoms with Crippen LogP contribution in [-0.4, -0.2) is 47.1 Å². The molecule has 172 valence electrons. The van der Waals surface area contributed by atoms with Crippen LogP contribution in [0, 0.1) is 0 Å². The van der Waals surface area contributed by atoms with Crippen molar-refractivity contribution in [1.82, 2.24) is 15.4 Å². The Morgan fingerprint density at radius 1 is 1.18 bits per heavy atom. The van der Waals surface area contributed by atoms with Gasteiger partial charge in [-0.05, 0) is 35.7 Å². The number of hydrogen-bond acceptors (Lipinski definition) is 5. The molecule has 3 aromatic rings. The van der Waals surface area contributed by atoms with Crippen LogP contribution in [0.5, 0.6) is 5.88 Å². The molecule has 0 bridgehead atoms. The predicted molar refractivity (Wildman–Crippen MR) is 125 cm³/mol. The first-order valence-electron chi connectivity index (χ1n) is 11.3. The van der Waals surface area contributed by atoms with Crippen molar-refractivity contribution in [2.45, 2.75) is 45.3 Å². The van der Waals surface area contributed by atoms with E-state index in [1.165, 1.54) is 0 Å². The number of nitrogens with zero attached hydrogens (tertiary/aromatic N) is 2. The maximum atomic E-state index is 13.1. The summed E-state index contributed by atoms with van der Waals surface area (Å²) in [6.07, 6.45) is 1.09. The van der Waals surface area contributed by atoms with Crippen LogP contribution < -0.4 is 10.1 Å². The molecule has 1 saturated heterocycles. The Kier molecular flexibility index (Phi) is 7.07. The molecule has 1 aliphatic heterocycles. The lowest BCUT2D eigenvalue weighted by atomic mass is 9.93. The number of carbonyl (C=O) groups is 2. The lowest BCUT2D eigenvalue weighted by Gasteiger charge is -2.35. The molecule has 0 radical (unpaired) electrons. The summed E-state index contributed by atoms with van der Waals surface area (Å²) in [6.45, 7) is 4.77. The summed E-state index contributed by atoms with van der Waals surface area (Å²) in [5.74, 6) is 0.811. The average molecular weight is 448 g/mol. The van der Waals surface area contributed by atoms with Crippen LogP contribution in [0.25, 0.3) is 11.1 Å². The summed E-state index contributed by atoms with van der Waals surface area (Å²) in [5.41, 5.74) is 3.20. The van der Waals surface area contributed by atoms with Crippen LogP contribution in [0.4, 0.5) is 0 Å². The van der Waals surface area contributed by atoms with Crippen LogP contribution in [0.2, 0.25) is 0 Å². The summed E-state index contributed by atoms with van der Waals surface area (Å²) in [7, 11) is 0. The van der Waals surface area contributed by atoms with Gasteiger partial charge < -0.3 is 19.5 Å². The van der Waals surface area contributed by atoms with E-state index in [1.807, 2.05) is 50.2 Å². The summed E-state index contributed by atoms with van der Waals surface area (Å²) in [5, 5.41) is 6.80. The molecule has 1 aromatic heterocycles. The molecule has 7 nitrogen and oxygen atoms in total. The fourth-order valence-corrected chi connectivity index (χ4v) is 4.10. The van der Waals surface area contributed by atoms with Gasteiger partial charge in [0.25, 0.3) is 5.88 Å². The number of piperazine rings is 1. The quantitative estimate of drug-likeness (QED) is 0.570. The fraction of sp³-hybridized carbons (Fsp3) is 0.346. The third-order valence-electron chi connectivity index (χ3n) is 5.65. The Morgan fingerprint density at radius 2 is 1.94 bits per heavy atom. The number of nitrogens with one attached hydrogen (secondary N) is 1. The van der Waals surface area contributed by atoms with Gasteiger partial charge in [0.05, 0.1) is 6.10 Å². The Morgan fingerprint density at radius 3 is 2.73 bits per heavy atom. The molecular weight excluding hydrogens is 418 g/mol. The van der Waals surface area contributed by atoms with E-state index < -0.39 is 6.04 Å². The number of carbonyl (C=O) groups excluding carboxylic acids is 2. The van der Waals surface area contributed by atoms with Gasteiger partial charge >= 0.3 is 0 Å². The number of ether oxygens (including phenoxy) is 1. The zero-order chi connectivity index (χ0) is 23.2. The van der Waals surface area contributed by atoms with Gasteiger partial charge in [-0.3, -0.25) is 9.59 Å². The van der Waals surface area contributed by atoms with Crippen LogP contribution >= 0.6 is 0 Å². The third kappa shape index (κ3) is 5.61. The van der Waals surface area contributed by atoms with Gasteiger partial charge in [-0.2, -0.15) is 0 Å². The summed E-state index contributed by atoms with van der Waals surface area (Å²) < 4.78 is 10.8. The van der Waals surface area contributed by atoms with Crippen molar-refractivity contribution >= 4 is 11.8 Å². The summed E-state index contributed by atoms with van der Waals surface area (Å²) in [4.78, 5) is 27.6. The normalized spacial score (nSPS) is 16.0. The van der Waals surface area contributed by atoms with Gasteiger partial charge in [0, 0.05) is 38.4 Å². The molecule has 2 amide bonds. The molecule has 33 heavy (non-hydrogen) atoms. The molecule has 1 aliphatic rings. The maximum absolute atomic E-state index is 13.1. The standard InChI is InChI=1S/C26H29N3O4/c1-18(2)32-24-17-21(33-28-24)12-13-25(30)29-15-14-27-26(31)23(29)16-20-10-6-7-11-22(20)19-8-4-3-5-9-19/h3-11,17-18,23H,12-16H2,1-2H3,(H,27,31)/t23-/m0/s1. The van der Waals surface area contributed by atoms with Crippen molar-refractivity contribution in [1.29, 1.82) is 0 Å². The second-order valence-corrected chi connectivity index (χ2v) is 8.42. The monoisotopic (exact) mass is 447 g/mol. The van der Waals surface area contributed by atoms with E-state index in [9.17, 15) is 9.59 Å². The molecule has 1 N–H and O–H groups in total. The summed E-state index contributed by atoms with van der Waals surface area (Å²) in [6, 6.07) is 19.3. The van der Waals surface area contributed by atoms with Crippen LogP contribution in [0.3, 0.4) is 0 Å². The van der Waals surface area contributed by atoms with Crippen LogP contribution in [0.1, 0.15) is 31.6 Å². The van der Waals surface area contributed by atoms with Crippen molar-refractivity contribution in [2.75, 3.05) is 13.1 Å². The molecule has 1 fully saturated rings. The molecule has 4 rings (SSSR count). The topological polar surface area (TPSA) is 84.7 Å². The van der Waals surface area contributed by atoms with Crippen molar-refractivity contribution in [2.24, 2.45) is 0 Å². The minimum atomic E-state index is -0.550. The van der Waals surface area contributed by atoms with Gasteiger partial charge in [0.2, 0.25) is 11.8 Å². The van der Waals surface area contributed by atoms with Crippen molar-refractivity contribution < 1.29 is 18.8 Å². The van der Waals surface area contributed by atoms with Crippen molar-refractivity contribution in [3.8, 4) is 17.0 Å². The SMILES string of the molecule is CC(C)Oc1cc(CCC(=O)N2CCNC(=O)[C@@H]2Cc2ccccc2-c2ccccc2)on1. The van der Waals surface area contributed by atoms with E-state index in [0.29, 0.717) is 37.6 Å². The van der Waals surface area contributed by atoms with Crippen molar-refractivity contribution in [3.63, 3.8) is 0 Å². The largest absolute Gasteiger partial charge is 0.473 e. The minimum Gasteiger partial charge on any atom is -0.473 e. The second kappa shape index (κ2) is 10.3. The Labute approximate surface area is 193 Å². The maximum Gasteiger partial charge on any atom is 0.254 e. The first-order valence-corrected chi connectivity index (χ1v) is 11.3. The molecule has 0 unspecified atom stereocenters. The van der Waals surface area contributed by atoms with Gasteiger partial charge in [-0.1, -0.05) is 54.6 Å². The zero-order valence-corrected chi connectivity index (χ0v) is 19.0. The van der Waals surface area contributed by atoms with E-state index in [-0.39, 0.29) is 24.3 Å². The molecule has 2 heterocycles. The number of hydrogen-bond donors (Lipinski definition) is 1. The number of rotatable bonds is 8. The molecule has 1 atom stereocenters. The number of aromatic nitrogens is 1. The number of benzene rings is 2. The Balaban J connectivity index is 1.47. The third-order valence-corrected chi connectivity index (χ3v) is 5.65. The van der Waals surface area contributed by atoms with Crippen molar-refractivity contribution in [3.05, 3.63) is 72.0 Å². The van der Waals surface area contributed by atoms with E-state index in [0.717, 1.165) is 16.7 Å².